The van der Waals surface area contributed by atoms with Crippen molar-refractivity contribution in [2.75, 3.05) is 80.4 Å². The number of aliphatic hydroxyl groups excluding tert-OH is 3. The maximum atomic E-state index is 13.6. The van der Waals surface area contributed by atoms with Gasteiger partial charge < -0.3 is 49.4 Å². The number of rotatable bonds is 27. The average molecular weight is 891 g/mol. The van der Waals surface area contributed by atoms with Crippen LogP contribution in [0.1, 0.15) is 42.9 Å². The van der Waals surface area contributed by atoms with Crippen LogP contribution in [0.4, 0.5) is 0 Å². The van der Waals surface area contributed by atoms with Gasteiger partial charge >= 0.3 is 0 Å². The molecule has 19 nitrogen and oxygen atoms in total. The predicted octanol–water partition coefficient (Wildman–Crippen LogP) is -0.181. The van der Waals surface area contributed by atoms with E-state index in [0.29, 0.717) is 69.1 Å². The maximum Gasteiger partial charge on any atom is 0.278 e. The monoisotopic (exact) mass is 890 g/mol. The van der Waals surface area contributed by atoms with Crippen molar-refractivity contribution in [3.05, 3.63) is 47.8 Å². The molecule has 2 amide bonds. The number of hydrogen-bond donors (Lipinski definition) is 7. The third-order valence-electron chi connectivity index (χ3n) is 9.09. The summed E-state index contributed by atoms with van der Waals surface area (Å²) in [5.41, 5.74) is 8.20. The molecule has 1 fully saturated rings. The first-order valence-electron chi connectivity index (χ1n) is 18.6. The largest absolute Gasteiger partial charge is 0.394 e. The molecule has 2 aromatic rings. The third kappa shape index (κ3) is 16.9. The molecule has 308 valence electrons. The number of hydrogen-bond acceptors (Lipinski definition) is 14. The second-order valence-electron chi connectivity index (χ2n) is 14.2. The molecule has 0 saturated carbocycles. The van der Waals surface area contributed by atoms with Crippen molar-refractivity contribution in [1.29, 1.82) is 5.53 Å². The van der Waals surface area contributed by atoms with E-state index in [1.54, 1.807) is 4.68 Å². The van der Waals surface area contributed by atoms with Crippen LogP contribution < -0.4 is 19.1 Å². The van der Waals surface area contributed by atoms with Crippen molar-refractivity contribution in [3.8, 4) is 0 Å². The van der Waals surface area contributed by atoms with Gasteiger partial charge in [0, 0.05) is 73.9 Å². The number of unbranched alkanes of at least 4 members (excludes halogenated alkanes) is 1. The molecule has 1 aromatic heterocycles. The second kappa shape index (κ2) is 25.3. The molecule has 1 aliphatic rings. The number of amides is 2. The number of likely N-dealkylation sites (N-methyl/N-ethyl adjacent to an activating group) is 1. The van der Waals surface area contributed by atoms with Crippen molar-refractivity contribution in [1.82, 2.24) is 34.1 Å². The van der Waals surface area contributed by atoms with E-state index in [1.165, 1.54) is 0 Å². The number of carbonyl (C=O) groups is 2. The summed E-state index contributed by atoms with van der Waals surface area (Å²) in [5, 5.41) is 48.2. The number of aryl methyl sites for hydroxylation is 1. The number of benzene rings is 1. The fourth-order valence-electron chi connectivity index (χ4n) is 5.98. The van der Waals surface area contributed by atoms with Crippen LogP contribution in [0.5, 0.6) is 0 Å². The molecule has 1 aromatic carbocycles. The van der Waals surface area contributed by atoms with Gasteiger partial charge in [-0.1, -0.05) is 35.5 Å². The summed E-state index contributed by atoms with van der Waals surface area (Å²) < 4.78 is 27.5. The Kier molecular flexibility index (Phi) is 21.3. The Morgan fingerprint density at radius 1 is 1.11 bits per heavy atom. The van der Waals surface area contributed by atoms with Gasteiger partial charge in [0.25, 0.3) is 5.91 Å². The fraction of sp³-hybridized carbons (Fsp3) is 0.714. The van der Waals surface area contributed by atoms with E-state index in [4.69, 9.17) is 24.5 Å². The minimum atomic E-state index is -1.25. The number of aromatic nitrogens is 3. The molecular formula is C35H59IN10O9+2. The Morgan fingerprint density at radius 3 is 2.55 bits per heavy atom. The normalized spacial score (nSPS) is 20.3. The van der Waals surface area contributed by atoms with Crippen LogP contribution >= 0.6 is 22.9 Å². The molecule has 7 N–H and O–H groups in total. The second-order valence-corrected chi connectivity index (χ2v) is 14.9. The Balaban J connectivity index is 1.43. The summed E-state index contributed by atoms with van der Waals surface area (Å²) in [6.07, 6.45) is 0.412. The van der Waals surface area contributed by atoms with Crippen LogP contribution in [0, 0.1) is 5.53 Å². The highest BCUT2D eigenvalue weighted by Crippen LogP contribution is 2.24. The smallest absolute Gasteiger partial charge is 0.278 e. The lowest BCUT2D eigenvalue weighted by molar-refractivity contribution is -0.886. The predicted molar refractivity (Wildman–Crippen MR) is 208 cm³/mol. The number of carbonyl (C=O) groups excluding carboxylic acids is 2. The number of aliphatic hydroxyl groups is 3. The summed E-state index contributed by atoms with van der Waals surface area (Å²) in [5.74, 6) is -0.520. The van der Waals surface area contributed by atoms with Gasteiger partial charge in [0.1, 0.15) is 29.3 Å². The number of quaternary nitrogens is 1. The summed E-state index contributed by atoms with van der Waals surface area (Å²) in [4.78, 5) is 29.3. The zero-order valence-electron chi connectivity index (χ0n) is 32.0. The van der Waals surface area contributed by atoms with Crippen LogP contribution in [0.3, 0.4) is 0 Å². The van der Waals surface area contributed by atoms with Crippen molar-refractivity contribution in [2.24, 2.45) is 5.11 Å². The van der Waals surface area contributed by atoms with Crippen LogP contribution in [0.2, 0.25) is 0 Å². The zero-order chi connectivity index (χ0) is 40.1. The molecule has 1 unspecified atom stereocenters. The highest BCUT2D eigenvalue weighted by Gasteiger charge is 2.38. The Hall–Kier alpha value is -3.02. The van der Waals surface area contributed by atoms with Crippen molar-refractivity contribution in [3.63, 3.8) is 0 Å². The maximum absolute atomic E-state index is 13.6. The molecule has 55 heavy (non-hydrogen) atoms. The topological polar surface area (TPSA) is 249 Å². The molecule has 0 bridgehead atoms. The fourth-order valence-corrected chi connectivity index (χ4v) is 6.49. The van der Waals surface area contributed by atoms with Crippen LogP contribution in [0.25, 0.3) is 0 Å². The lowest BCUT2D eigenvalue weighted by Crippen LogP contribution is -2.54. The molecule has 2 heterocycles. The van der Waals surface area contributed by atoms with E-state index < -0.39 is 30.6 Å². The highest BCUT2D eigenvalue weighted by molar-refractivity contribution is 14.1. The molecule has 3 rings (SSSR count). The molecule has 0 spiro atoms. The van der Waals surface area contributed by atoms with Gasteiger partial charge in [0.05, 0.1) is 78.7 Å². The lowest BCUT2D eigenvalue weighted by Gasteiger charge is -2.37. The van der Waals surface area contributed by atoms with Crippen molar-refractivity contribution >= 4 is 34.7 Å². The van der Waals surface area contributed by atoms with E-state index >= 15 is 0 Å². The van der Waals surface area contributed by atoms with E-state index in [1.807, 2.05) is 80.5 Å². The summed E-state index contributed by atoms with van der Waals surface area (Å²) in [7, 11) is 5.98. The average Bonchev–Trinajstić information content (AvgIpc) is 3.62. The Morgan fingerprint density at radius 2 is 1.85 bits per heavy atom. The lowest BCUT2D eigenvalue weighted by atomic mass is 9.99. The van der Waals surface area contributed by atoms with Crippen molar-refractivity contribution in [2.45, 2.75) is 81.3 Å². The molecule has 7 atom stereocenters. The number of halogens is 1. The number of ether oxygens (including phenoxy) is 4. The van der Waals surface area contributed by atoms with Crippen molar-refractivity contribution < 1.29 is 48.3 Å². The molecule has 1 aliphatic heterocycles. The standard InChI is InChI=1S/C35H57IN10O9/c1-46(2,3)30(34(51)39-21-26(25-9-5-4-6-10-25)24-54-35-32(49)31(48)20-28(23-47)55-35)11-7-8-14-45-22-27(42-44-45)19-29(41-36)33(50)38-12-15-52-17-18-53-16-13-40-43-37/h4-6,9-10,22,26,28-32,35,37,41,47-49H,7-8,11-21,23-24H2,1-3H3/p+2/t26?,28-,29-,30-,31-,32+,35+/m0/s1. The van der Waals surface area contributed by atoms with E-state index in [2.05, 4.69) is 34.5 Å². The minimum Gasteiger partial charge on any atom is -0.394 e. The number of nitrogens with zero attached hydrogens (tertiary/aromatic N) is 6. The molecule has 1 saturated heterocycles. The summed E-state index contributed by atoms with van der Waals surface area (Å²) >= 11 is 1.95. The highest BCUT2D eigenvalue weighted by atomic mass is 127. The minimum absolute atomic E-state index is 0.0850. The van der Waals surface area contributed by atoms with E-state index in [0.717, 1.165) is 18.4 Å². The molecule has 0 aliphatic carbocycles. The molecular weight excluding hydrogens is 831 g/mol. The first kappa shape index (κ1) is 46.4. The number of nitrogens with one attached hydrogen (secondary N) is 4. The Labute approximate surface area is 336 Å². The van der Waals surface area contributed by atoms with Gasteiger partial charge in [-0.2, -0.15) is 0 Å². The van der Waals surface area contributed by atoms with Crippen LogP contribution in [-0.2, 0) is 41.5 Å². The zero-order valence-corrected chi connectivity index (χ0v) is 34.1. The third-order valence-corrected chi connectivity index (χ3v) is 9.84. The SMILES string of the molecule is C[N+](C)(C)[C@@H](CCCCn1cc(C[C@H](NI)C(=O)NCCOCCOCCN=[N+]=N)nn1)C(=O)NCC(CO[C@@H]1O[C@H](CO)C[C@H](O)[C@H]1O)c1ccccc1. The van der Waals surface area contributed by atoms with E-state index in [-0.39, 0.29) is 50.0 Å². The first-order valence-corrected chi connectivity index (χ1v) is 19.6. The van der Waals surface area contributed by atoms with Gasteiger partial charge in [0.2, 0.25) is 10.8 Å². The quantitative estimate of drug-likeness (QED) is 0.0154. The molecule has 20 heteroatoms. The first-order chi connectivity index (χ1) is 26.5. The van der Waals surface area contributed by atoms with E-state index in [9.17, 15) is 24.9 Å². The van der Waals surface area contributed by atoms with Gasteiger partial charge in [-0.15, -0.1) is 5.10 Å². The van der Waals surface area contributed by atoms with Gasteiger partial charge in [-0.25, -0.2) is 3.53 Å². The molecule has 0 radical (unpaired) electrons. The van der Waals surface area contributed by atoms with Gasteiger partial charge in [-0.05, 0) is 18.4 Å². The summed E-state index contributed by atoms with van der Waals surface area (Å²) in [6.45, 7) is 2.87. The summed E-state index contributed by atoms with van der Waals surface area (Å²) in [6, 6.07) is 8.78. The van der Waals surface area contributed by atoms with Crippen LogP contribution in [0.15, 0.2) is 41.6 Å². The van der Waals surface area contributed by atoms with Crippen LogP contribution in [-0.4, -0.2) is 164 Å². The van der Waals surface area contributed by atoms with Gasteiger partial charge in [-0.3, -0.25) is 14.3 Å². The van der Waals surface area contributed by atoms with Gasteiger partial charge in [0.15, 0.2) is 12.3 Å². The Bertz CT molecular complexity index is 1450.